The number of imide groups is 1. The van der Waals surface area contributed by atoms with Crippen molar-refractivity contribution < 1.29 is 27.5 Å². The number of piperidine rings is 1. The Labute approximate surface area is 186 Å². The molecule has 1 fully saturated rings. The number of benzene rings is 2. The van der Waals surface area contributed by atoms with Gasteiger partial charge in [0.05, 0.1) is 28.1 Å². The van der Waals surface area contributed by atoms with Crippen molar-refractivity contribution in [1.29, 1.82) is 0 Å². The Morgan fingerprint density at radius 1 is 0.969 bits per heavy atom. The number of carbonyl (C=O) groups excluding carboxylic acids is 3. The number of ether oxygens (including phenoxy) is 1. The number of nitrogens with zero attached hydrogens (tertiary/aromatic N) is 2. The van der Waals surface area contributed by atoms with E-state index in [0.29, 0.717) is 29.8 Å². The molecule has 2 heterocycles. The monoisotopic (exact) mass is 456 g/mol. The van der Waals surface area contributed by atoms with Gasteiger partial charge >= 0.3 is 5.97 Å². The van der Waals surface area contributed by atoms with E-state index in [1.54, 1.807) is 37.3 Å². The van der Waals surface area contributed by atoms with E-state index < -0.39 is 27.8 Å². The number of rotatable bonds is 6. The number of esters is 1. The standard InChI is InChI=1S/C23H24N2O6S/c1-16-9-10-17(32(29,30)24-11-5-2-6-12-24)15-20(16)23(28)31-14-13-25-21(26)18-7-3-4-8-19(18)22(25)27/h3-4,7-10,15H,2,5-6,11-14H2,1H3. The highest BCUT2D eigenvalue weighted by atomic mass is 32.2. The Bertz CT molecular complexity index is 1150. The molecule has 4 rings (SSSR count). The van der Waals surface area contributed by atoms with Gasteiger partial charge in [-0.15, -0.1) is 0 Å². The lowest BCUT2D eigenvalue weighted by Crippen LogP contribution is -2.35. The third kappa shape index (κ3) is 4.05. The maximum Gasteiger partial charge on any atom is 0.338 e. The Morgan fingerprint density at radius 3 is 2.22 bits per heavy atom. The van der Waals surface area contributed by atoms with E-state index in [1.807, 2.05) is 0 Å². The fourth-order valence-electron chi connectivity index (χ4n) is 3.99. The van der Waals surface area contributed by atoms with Gasteiger partial charge < -0.3 is 4.74 Å². The lowest BCUT2D eigenvalue weighted by atomic mass is 10.1. The number of aryl methyl sites for hydroxylation is 1. The van der Waals surface area contributed by atoms with E-state index in [4.69, 9.17) is 4.74 Å². The van der Waals surface area contributed by atoms with Gasteiger partial charge in [0.2, 0.25) is 10.0 Å². The second-order valence-corrected chi connectivity index (χ2v) is 9.82. The van der Waals surface area contributed by atoms with Gasteiger partial charge in [-0.1, -0.05) is 24.6 Å². The first kappa shape index (κ1) is 22.2. The van der Waals surface area contributed by atoms with E-state index in [0.717, 1.165) is 24.2 Å². The highest BCUT2D eigenvalue weighted by molar-refractivity contribution is 7.89. The molecule has 2 amide bonds. The Balaban J connectivity index is 1.43. The zero-order chi connectivity index (χ0) is 22.9. The zero-order valence-corrected chi connectivity index (χ0v) is 18.6. The minimum absolute atomic E-state index is 0.0531. The van der Waals surface area contributed by atoms with E-state index >= 15 is 0 Å². The van der Waals surface area contributed by atoms with Crippen LogP contribution in [0.5, 0.6) is 0 Å². The predicted molar refractivity (Wildman–Crippen MR) is 116 cm³/mol. The molecule has 9 heteroatoms. The van der Waals surface area contributed by atoms with Crippen LogP contribution >= 0.6 is 0 Å². The fourth-order valence-corrected chi connectivity index (χ4v) is 5.53. The Hall–Kier alpha value is -3.04. The van der Waals surface area contributed by atoms with Crippen molar-refractivity contribution in [3.63, 3.8) is 0 Å². The molecule has 2 aromatic rings. The maximum atomic E-state index is 12.9. The maximum absolute atomic E-state index is 12.9. The molecule has 0 bridgehead atoms. The van der Waals surface area contributed by atoms with Gasteiger partial charge in [-0.3, -0.25) is 14.5 Å². The quantitative estimate of drug-likeness (QED) is 0.489. The van der Waals surface area contributed by atoms with Gasteiger partial charge in [0.1, 0.15) is 6.61 Å². The normalized spacial score (nSPS) is 16.8. The molecule has 32 heavy (non-hydrogen) atoms. The number of carbonyl (C=O) groups is 3. The van der Waals surface area contributed by atoms with Gasteiger partial charge in [0, 0.05) is 13.1 Å². The summed E-state index contributed by atoms with van der Waals surface area (Å²) in [5.74, 6) is -1.55. The Kier molecular flexibility index (Phi) is 6.12. The summed E-state index contributed by atoms with van der Waals surface area (Å²) < 4.78 is 32.6. The molecule has 168 valence electrons. The second kappa shape index (κ2) is 8.84. The van der Waals surface area contributed by atoms with Crippen molar-refractivity contribution in [3.05, 3.63) is 64.7 Å². The van der Waals surface area contributed by atoms with Crippen LogP contribution in [0.2, 0.25) is 0 Å². The third-order valence-corrected chi connectivity index (χ3v) is 7.70. The number of sulfonamides is 1. The van der Waals surface area contributed by atoms with Crippen LogP contribution in [-0.2, 0) is 14.8 Å². The van der Waals surface area contributed by atoms with Crippen LogP contribution < -0.4 is 0 Å². The molecule has 0 saturated carbocycles. The molecule has 0 unspecified atom stereocenters. The number of hydrogen-bond acceptors (Lipinski definition) is 6. The lowest BCUT2D eigenvalue weighted by molar-refractivity contribution is 0.0419. The van der Waals surface area contributed by atoms with Crippen LogP contribution in [0.1, 0.15) is 55.9 Å². The van der Waals surface area contributed by atoms with Crippen LogP contribution in [0.25, 0.3) is 0 Å². The summed E-state index contributed by atoms with van der Waals surface area (Å²) in [6, 6.07) is 10.9. The van der Waals surface area contributed by atoms with E-state index in [-0.39, 0.29) is 23.6 Å². The van der Waals surface area contributed by atoms with Gasteiger partial charge in [-0.25, -0.2) is 13.2 Å². The van der Waals surface area contributed by atoms with Crippen LogP contribution in [0.3, 0.4) is 0 Å². The smallest absolute Gasteiger partial charge is 0.338 e. The summed E-state index contributed by atoms with van der Waals surface area (Å²) in [6.45, 7) is 2.36. The summed E-state index contributed by atoms with van der Waals surface area (Å²) in [4.78, 5) is 38.6. The SMILES string of the molecule is Cc1ccc(S(=O)(=O)N2CCCCC2)cc1C(=O)OCCN1C(=O)c2ccccc2C1=O. The largest absolute Gasteiger partial charge is 0.460 e. The topological polar surface area (TPSA) is 101 Å². The van der Waals surface area contributed by atoms with Gasteiger partial charge in [-0.05, 0) is 49.6 Å². The minimum atomic E-state index is -3.69. The van der Waals surface area contributed by atoms with Crippen molar-refractivity contribution in [2.24, 2.45) is 0 Å². The van der Waals surface area contributed by atoms with Crippen LogP contribution in [0.4, 0.5) is 0 Å². The lowest BCUT2D eigenvalue weighted by Gasteiger charge is -2.26. The van der Waals surface area contributed by atoms with Crippen LogP contribution in [0.15, 0.2) is 47.4 Å². The van der Waals surface area contributed by atoms with Gasteiger partial charge in [-0.2, -0.15) is 4.31 Å². The Morgan fingerprint density at radius 2 is 1.59 bits per heavy atom. The number of hydrogen-bond donors (Lipinski definition) is 0. The predicted octanol–water partition coefficient (Wildman–Crippen LogP) is 2.62. The van der Waals surface area contributed by atoms with E-state index in [1.165, 1.54) is 16.4 Å². The number of amides is 2. The summed E-state index contributed by atoms with van der Waals surface area (Å²) in [5, 5.41) is 0. The molecular weight excluding hydrogens is 432 g/mol. The number of fused-ring (bicyclic) bond motifs is 1. The second-order valence-electron chi connectivity index (χ2n) is 7.88. The minimum Gasteiger partial charge on any atom is -0.460 e. The first-order valence-electron chi connectivity index (χ1n) is 10.5. The van der Waals surface area contributed by atoms with Gasteiger partial charge in [0.15, 0.2) is 0 Å². The molecule has 0 atom stereocenters. The molecule has 2 aliphatic rings. The molecule has 2 aromatic carbocycles. The van der Waals surface area contributed by atoms with Crippen LogP contribution in [0, 0.1) is 6.92 Å². The third-order valence-electron chi connectivity index (χ3n) is 5.81. The molecular formula is C23H24N2O6S. The van der Waals surface area contributed by atoms with Crippen molar-refractivity contribution in [2.45, 2.75) is 31.1 Å². The fraction of sp³-hybridized carbons (Fsp3) is 0.348. The molecule has 0 N–H and O–H groups in total. The van der Waals surface area contributed by atoms with E-state index in [2.05, 4.69) is 0 Å². The first-order valence-corrected chi connectivity index (χ1v) is 12.0. The summed E-state index contributed by atoms with van der Waals surface area (Å²) in [7, 11) is -3.69. The molecule has 2 aliphatic heterocycles. The molecule has 0 aliphatic carbocycles. The van der Waals surface area contributed by atoms with Crippen molar-refractivity contribution in [2.75, 3.05) is 26.2 Å². The van der Waals surface area contributed by atoms with Crippen LogP contribution in [-0.4, -0.2) is 61.6 Å². The summed E-state index contributed by atoms with van der Waals surface area (Å²) >= 11 is 0. The molecule has 0 aromatic heterocycles. The van der Waals surface area contributed by atoms with Crippen molar-refractivity contribution in [1.82, 2.24) is 9.21 Å². The summed E-state index contributed by atoms with van der Waals surface area (Å²) in [5.41, 5.74) is 1.38. The molecule has 8 nitrogen and oxygen atoms in total. The average molecular weight is 457 g/mol. The zero-order valence-electron chi connectivity index (χ0n) is 17.7. The first-order chi connectivity index (χ1) is 15.3. The summed E-state index contributed by atoms with van der Waals surface area (Å²) in [6.07, 6.45) is 2.64. The van der Waals surface area contributed by atoms with Crippen molar-refractivity contribution >= 4 is 27.8 Å². The average Bonchev–Trinajstić information content (AvgIpc) is 3.04. The highest BCUT2D eigenvalue weighted by Gasteiger charge is 2.35. The molecule has 0 radical (unpaired) electrons. The molecule has 0 spiro atoms. The highest BCUT2D eigenvalue weighted by Crippen LogP contribution is 2.24. The van der Waals surface area contributed by atoms with E-state index in [9.17, 15) is 22.8 Å². The molecule has 1 saturated heterocycles. The van der Waals surface area contributed by atoms with Crippen molar-refractivity contribution in [3.8, 4) is 0 Å². The van der Waals surface area contributed by atoms with Gasteiger partial charge in [0.25, 0.3) is 11.8 Å².